The molecule has 0 unspecified atom stereocenters. The highest BCUT2D eigenvalue weighted by Crippen LogP contribution is 2.28. The van der Waals surface area contributed by atoms with Crippen LogP contribution in [0.25, 0.3) is 0 Å². The van der Waals surface area contributed by atoms with E-state index in [-0.39, 0.29) is 21.8 Å². The van der Waals surface area contributed by atoms with Crippen molar-refractivity contribution >= 4 is 34.8 Å². The first-order valence-corrected chi connectivity index (χ1v) is 7.22. The summed E-state index contributed by atoms with van der Waals surface area (Å²) >= 11 is 11.6. The highest BCUT2D eigenvalue weighted by Gasteiger charge is 2.25. The van der Waals surface area contributed by atoms with Gasteiger partial charge >= 0.3 is 0 Å². The highest BCUT2D eigenvalue weighted by molar-refractivity contribution is 6.35. The zero-order valence-corrected chi connectivity index (χ0v) is 13.5. The molecule has 128 valence electrons. The van der Waals surface area contributed by atoms with Crippen LogP contribution < -0.4 is 10.1 Å². The molecule has 24 heavy (non-hydrogen) atoms. The van der Waals surface area contributed by atoms with Crippen LogP contribution >= 0.6 is 23.2 Å². The van der Waals surface area contributed by atoms with Crippen molar-refractivity contribution in [1.29, 1.82) is 0 Å². The Bertz CT molecular complexity index is 775. The van der Waals surface area contributed by atoms with Gasteiger partial charge in [-0.05, 0) is 25.1 Å². The van der Waals surface area contributed by atoms with Crippen molar-refractivity contribution in [2.45, 2.75) is 13.0 Å². The first kappa shape index (κ1) is 18.4. The van der Waals surface area contributed by atoms with Gasteiger partial charge in [0.15, 0.2) is 23.5 Å². The number of carbonyl (C=O) groups is 1. The van der Waals surface area contributed by atoms with Crippen LogP contribution in [0.1, 0.15) is 6.92 Å². The van der Waals surface area contributed by atoms with Gasteiger partial charge in [-0.15, -0.1) is 0 Å². The number of hydrogen-bond donors (Lipinski definition) is 1. The molecule has 0 aromatic heterocycles. The number of anilines is 1. The van der Waals surface area contributed by atoms with Crippen LogP contribution in [0, 0.1) is 23.3 Å². The van der Waals surface area contributed by atoms with Crippen LogP contribution in [-0.2, 0) is 4.79 Å². The second kappa shape index (κ2) is 7.27. The Kier molecular flexibility index (Phi) is 5.56. The summed E-state index contributed by atoms with van der Waals surface area (Å²) < 4.78 is 58.0. The van der Waals surface area contributed by atoms with E-state index in [4.69, 9.17) is 27.9 Å². The maximum absolute atomic E-state index is 13.5. The number of amides is 1. The van der Waals surface area contributed by atoms with E-state index in [1.165, 1.54) is 18.2 Å². The van der Waals surface area contributed by atoms with E-state index in [1.807, 2.05) is 0 Å². The van der Waals surface area contributed by atoms with Crippen molar-refractivity contribution in [1.82, 2.24) is 0 Å². The molecule has 0 radical (unpaired) electrons. The summed E-state index contributed by atoms with van der Waals surface area (Å²) in [4.78, 5) is 12.0. The predicted octanol–water partition coefficient (Wildman–Crippen LogP) is 4.96. The molecule has 2 aromatic carbocycles. The molecule has 2 rings (SSSR count). The Hall–Kier alpha value is -1.99. The van der Waals surface area contributed by atoms with Gasteiger partial charge in [-0.2, -0.15) is 8.78 Å². The first-order chi connectivity index (χ1) is 11.2. The molecule has 3 nitrogen and oxygen atoms in total. The average Bonchev–Trinajstić information content (AvgIpc) is 2.52. The van der Waals surface area contributed by atoms with E-state index in [2.05, 4.69) is 5.32 Å². The SMILES string of the molecule is C[C@H](Oc1c(F)c(F)cc(F)c1F)C(=O)Nc1cc(Cl)ccc1Cl. The lowest BCUT2D eigenvalue weighted by atomic mass is 10.2. The Morgan fingerprint density at radius 2 is 1.67 bits per heavy atom. The standard InChI is InChI=1S/C15H9Cl2F4NO2/c1-6(15(23)22-11-4-7(16)2-3-8(11)17)24-14-12(20)9(18)5-10(19)13(14)21/h2-6H,1H3,(H,22,23)/t6-/m0/s1. The van der Waals surface area contributed by atoms with Crippen molar-refractivity contribution in [3.63, 3.8) is 0 Å². The van der Waals surface area contributed by atoms with Crippen LogP contribution in [-0.4, -0.2) is 12.0 Å². The summed E-state index contributed by atoms with van der Waals surface area (Å²) in [5.41, 5.74) is 0.135. The third-order valence-corrected chi connectivity index (χ3v) is 3.49. The number of hydrogen-bond acceptors (Lipinski definition) is 2. The third kappa shape index (κ3) is 3.91. The number of carbonyl (C=O) groups excluding carboxylic acids is 1. The van der Waals surface area contributed by atoms with E-state index in [0.29, 0.717) is 0 Å². The maximum atomic E-state index is 13.5. The van der Waals surface area contributed by atoms with Crippen LogP contribution in [0.5, 0.6) is 5.75 Å². The van der Waals surface area contributed by atoms with Crippen LogP contribution in [0.2, 0.25) is 10.0 Å². The summed E-state index contributed by atoms with van der Waals surface area (Å²) in [6.07, 6.45) is -1.48. The molecule has 0 saturated carbocycles. The summed E-state index contributed by atoms with van der Waals surface area (Å²) in [7, 11) is 0. The summed E-state index contributed by atoms with van der Waals surface area (Å²) in [5, 5.41) is 2.77. The molecule has 1 N–H and O–H groups in total. The minimum Gasteiger partial charge on any atom is -0.475 e. The van der Waals surface area contributed by atoms with Crippen molar-refractivity contribution in [2.24, 2.45) is 0 Å². The van der Waals surface area contributed by atoms with E-state index in [9.17, 15) is 22.4 Å². The molecule has 0 spiro atoms. The molecule has 2 aromatic rings. The molecular weight excluding hydrogens is 373 g/mol. The van der Waals surface area contributed by atoms with Gasteiger partial charge in [0.1, 0.15) is 0 Å². The normalized spacial score (nSPS) is 12.0. The zero-order chi connectivity index (χ0) is 18.0. The van der Waals surface area contributed by atoms with E-state index < -0.39 is 41.0 Å². The molecule has 9 heteroatoms. The van der Waals surface area contributed by atoms with Crippen molar-refractivity contribution in [2.75, 3.05) is 5.32 Å². The number of benzene rings is 2. The number of halogens is 6. The average molecular weight is 382 g/mol. The lowest BCUT2D eigenvalue weighted by Gasteiger charge is -2.16. The number of ether oxygens (including phenoxy) is 1. The van der Waals surface area contributed by atoms with E-state index in [1.54, 1.807) is 0 Å². The summed E-state index contributed by atoms with van der Waals surface area (Å²) in [6.45, 7) is 1.13. The molecule has 0 heterocycles. The monoisotopic (exact) mass is 381 g/mol. The Balaban J connectivity index is 2.20. The smallest absolute Gasteiger partial charge is 0.265 e. The van der Waals surface area contributed by atoms with Gasteiger partial charge in [0.05, 0.1) is 10.7 Å². The molecular formula is C15H9Cl2F4NO2. The fourth-order valence-corrected chi connectivity index (χ4v) is 2.05. The quantitative estimate of drug-likeness (QED) is 0.600. The van der Waals surface area contributed by atoms with Crippen molar-refractivity contribution < 1.29 is 27.1 Å². The maximum Gasteiger partial charge on any atom is 0.265 e. The molecule has 0 aliphatic rings. The molecule has 0 bridgehead atoms. The zero-order valence-electron chi connectivity index (χ0n) is 12.0. The topological polar surface area (TPSA) is 38.3 Å². The molecule has 0 aliphatic heterocycles. The van der Waals surface area contributed by atoms with Gasteiger partial charge in [0, 0.05) is 11.1 Å². The minimum atomic E-state index is -1.74. The van der Waals surface area contributed by atoms with Crippen LogP contribution in [0.3, 0.4) is 0 Å². The molecule has 0 fully saturated rings. The molecule has 0 saturated heterocycles. The van der Waals surface area contributed by atoms with E-state index >= 15 is 0 Å². The van der Waals surface area contributed by atoms with Gasteiger partial charge in [-0.1, -0.05) is 23.2 Å². The second-order valence-electron chi connectivity index (χ2n) is 4.67. The van der Waals surface area contributed by atoms with E-state index in [0.717, 1.165) is 6.92 Å². The molecule has 0 aliphatic carbocycles. The van der Waals surface area contributed by atoms with Crippen molar-refractivity contribution in [3.8, 4) is 5.75 Å². The Morgan fingerprint density at radius 3 is 2.25 bits per heavy atom. The van der Waals surface area contributed by atoms with Gasteiger partial charge in [0.2, 0.25) is 11.6 Å². The Morgan fingerprint density at radius 1 is 1.08 bits per heavy atom. The fraction of sp³-hybridized carbons (Fsp3) is 0.133. The first-order valence-electron chi connectivity index (χ1n) is 6.46. The predicted molar refractivity (Wildman–Crippen MR) is 81.5 cm³/mol. The van der Waals surface area contributed by atoms with Crippen LogP contribution in [0.4, 0.5) is 23.2 Å². The summed E-state index contributed by atoms with van der Waals surface area (Å²) in [6, 6.07) is 4.29. The van der Waals surface area contributed by atoms with Gasteiger partial charge in [-0.3, -0.25) is 4.79 Å². The largest absolute Gasteiger partial charge is 0.475 e. The summed E-state index contributed by atoms with van der Waals surface area (Å²) in [5.74, 6) is -8.96. The lowest BCUT2D eigenvalue weighted by Crippen LogP contribution is -2.31. The third-order valence-electron chi connectivity index (χ3n) is 2.92. The number of nitrogens with one attached hydrogen (secondary N) is 1. The molecule has 1 atom stereocenters. The van der Waals surface area contributed by atoms with Crippen LogP contribution in [0.15, 0.2) is 24.3 Å². The van der Waals surface area contributed by atoms with Gasteiger partial charge in [-0.25, -0.2) is 8.78 Å². The number of rotatable bonds is 4. The van der Waals surface area contributed by atoms with Gasteiger partial charge in [0.25, 0.3) is 5.91 Å². The Labute approximate surface area is 144 Å². The minimum absolute atomic E-state index is 0.0357. The highest BCUT2D eigenvalue weighted by atomic mass is 35.5. The lowest BCUT2D eigenvalue weighted by molar-refractivity contribution is -0.122. The second-order valence-corrected chi connectivity index (χ2v) is 5.51. The molecule has 1 amide bonds. The van der Waals surface area contributed by atoms with Crippen molar-refractivity contribution in [3.05, 3.63) is 57.6 Å². The fourth-order valence-electron chi connectivity index (χ4n) is 1.71. The van der Waals surface area contributed by atoms with Gasteiger partial charge < -0.3 is 10.1 Å².